The highest BCUT2D eigenvalue weighted by molar-refractivity contribution is 6.39. The lowest BCUT2D eigenvalue weighted by Crippen LogP contribution is -3.14. The molecule has 0 atom stereocenters. The van der Waals surface area contributed by atoms with Crippen molar-refractivity contribution in [2.45, 2.75) is 13.8 Å². The quantitative estimate of drug-likeness (QED) is 0.643. The molecule has 1 aliphatic rings. The Bertz CT molecular complexity index is 539. The SMILES string of the molecule is Cc1ccc(NC(=O)C(=O)NCC[NH+]2CCOCC2)cc1C. The van der Waals surface area contributed by atoms with Gasteiger partial charge < -0.3 is 20.3 Å². The molecule has 1 saturated heterocycles. The molecule has 2 rings (SSSR count). The first kappa shape index (κ1) is 16.5. The summed E-state index contributed by atoms with van der Waals surface area (Å²) in [6, 6.07) is 5.58. The monoisotopic (exact) mass is 306 g/mol. The standard InChI is InChI=1S/C16H23N3O3/c1-12-3-4-14(11-13(12)2)18-16(21)15(20)17-5-6-19-7-9-22-10-8-19/h3-4,11H,5-10H2,1-2H3,(H,17,20)(H,18,21)/p+1. The van der Waals surface area contributed by atoms with Gasteiger partial charge in [-0.1, -0.05) is 6.07 Å². The average Bonchev–Trinajstić information content (AvgIpc) is 2.52. The zero-order chi connectivity index (χ0) is 15.9. The largest absolute Gasteiger partial charge is 0.370 e. The lowest BCUT2D eigenvalue weighted by atomic mass is 10.1. The Morgan fingerprint density at radius 1 is 1.14 bits per heavy atom. The van der Waals surface area contributed by atoms with E-state index in [2.05, 4.69) is 10.6 Å². The molecule has 0 saturated carbocycles. The molecule has 1 aromatic rings. The van der Waals surface area contributed by atoms with Crippen molar-refractivity contribution < 1.29 is 19.2 Å². The van der Waals surface area contributed by atoms with Crippen molar-refractivity contribution in [2.24, 2.45) is 0 Å². The number of rotatable bonds is 4. The minimum atomic E-state index is -0.625. The van der Waals surface area contributed by atoms with E-state index in [0.717, 1.165) is 44.0 Å². The fourth-order valence-electron chi connectivity index (χ4n) is 2.35. The summed E-state index contributed by atoms with van der Waals surface area (Å²) in [5.41, 5.74) is 2.87. The van der Waals surface area contributed by atoms with Gasteiger partial charge in [-0.2, -0.15) is 0 Å². The van der Waals surface area contributed by atoms with Gasteiger partial charge in [0.25, 0.3) is 0 Å². The molecule has 0 spiro atoms. The minimum absolute atomic E-state index is 0.495. The van der Waals surface area contributed by atoms with Crippen molar-refractivity contribution in [3.8, 4) is 0 Å². The van der Waals surface area contributed by atoms with E-state index in [1.807, 2.05) is 26.0 Å². The van der Waals surface area contributed by atoms with E-state index in [4.69, 9.17) is 4.74 Å². The van der Waals surface area contributed by atoms with E-state index in [-0.39, 0.29) is 0 Å². The van der Waals surface area contributed by atoms with Gasteiger partial charge in [0, 0.05) is 5.69 Å². The number of morpholine rings is 1. The molecule has 3 N–H and O–H groups in total. The van der Waals surface area contributed by atoms with Crippen LogP contribution in [0.15, 0.2) is 18.2 Å². The molecular formula is C16H24N3O3+. The molecule has 2 amide bonds. The number of carbonyl (C=O) groups is 2. The zero-order valence-corrected chi connectivity index (χ0v) is 13.2. The fourth-order valence-corrected chi connectivity index (χ4v) is 2.35. The van der Waals surface area contributed by atoms with E-state index >= 15 is 0 Å². The predicted octanol–water partition coefficient (Wildman–Crippen LogP) is -0.727. The van der Waals surface area contributed by atoms with Gasteiger partial charge in [-0.25, -0.2) is 0 Å². The van der Waals surface area contributed by atoms with Gasteiger partial charge in [0.2, 0.25) is 0 Å². The van der Waals surface area contributed by atoms with Crippen LogP contribution in [0.1, 0.15) is 11.1 Å². The molecule has 0 unspecified atom stereocenters. The van der Waals surface area contributed by atoms with E-state index < -0.39 is 11.8 Å². The van der Waals surface area contributed by atoms with Crippen molar-refractivity contribution in [3.63, 3.8) is 0 Å². The van der Waals surface area contributed by atoms with E-state index in [9.17, 15) is 9.59 Å². The normalized spacial score (nSPS) is 15.4. The molecule has 1 aliphatic heterocycles. The lowest BCUT2D eigenvalue weighted by Gasteiger charge is -2.23. The van der Waals surface area contributed by atoms with Crippen LogP contribution in [0.3, 0.4) is 0 Å². The number of amides is 2. The van der Waals surface area contributed by atoms with Gasteiger partial charge in [-0.15, -0.1) is 0 Å². The summed E-state index contributed by atoms with van der Waals surface area (Å²) < 4.78 is 5.28. The summed E-state index contributed by atoms with van der Waals surface area (Å²) in [6.07, 6.45) is 0. The van der Waals surface area contributed by atoms with Crippen LogP contribution in [0.4, 0.5) is 5.69 Å². The molecular weight excluding hydrogens is 282 g/mol. The Morgan fingerprint density at radius 2 is 1.86 bits per heavy atom. The lowest BCUT2D eigenvalue weighted by molar-refractivity contribution is -0.906. The summed E-state index contributed by atoms with van der Waals surface area (Å²) >= 11 is 0. The highest BCUT2D eigenvalue weighted by Crippen LogP contribution is 2.13. The van der Waals surface area contributed by atoms with E-state index in [1.54, 1.807) is 6.07 Å². The average molecular weight is 306 g/mol. The summed E-state index contributed by atoms with van der Waals surface area (Å²) in [6.45, 7) is 8.70. The van der Waals surface area contributed by atoms with Gasteiger partial charge in [0.1, 0.15) is 13.1 Å². The van der Waals surface area contributed by atoms with Gasteiger partial charge >= 0.3 is 11.8 Å². The van der Waals surface area contributed by atoms with Crippen LogP contribution in [0.5, 0.6) is 0 Å². The van der Waals surface area contributed by atoms with Crippen molar-refractivity contribution in [2.75, 3.05) is 44.7 Å². The third-order valence-electron chi connectivity index (χ3n) is 3.94. The Hall–Kier alpha value is -1.92. The summed E-state index contributed by atoms with van der Waals surface area (Å²) in [5.74, 6) is -1.22. The molecule has 0 radical (unpaired) electrons. The third kappa shape index (κ3) is 4.82. The highest BCUT2D eigenvalue weighted by Gasteiger charge is 2.16. The zero-order valence-electron chi connectivity index (χ0n) is 13.2. The number of aryl methyl sites for hydroxylation is 2. The maximum Gasteiger partial charge on any atom is 0.313 e. The van der Waals surface area contributed by atoms with Crippen molar-refractivity contribution in [1.82, 2.24) is 5.32 Å². The second kappa shape index (κ2) is 7.91. The molecule has 120 valence electrons. The van der Waals surface area contributed by atoms with Gasteiger partial charge in [0.15, 0.2) is 0 Å². The van der Waals surface area contributed by atoms with Crippen molar-refractivity contribution in [1.29, 1.82) is 0 Å². The van der Waals surface area contributed by atoms with Crippen LogP contribution in [0, 0.1) is 13.8 Å². The second-order valence-corrected chi connectivity index (χ2v) is 5.62. The van der Waals surface area contributed by atoms with Crippen LogP contribution >= 0.6 is 0 Å². The molecule has 1 aromatic carbocycles. The molecule has 0 bridgehead atoms. The molecule has 0 aromatic heterocycles. The van der Waals surface area contributed by atoms with Gasteiger partial charge in [-0.05, 0) is 37.1 Å². The number of hydrogen-bond acceptors (Lipinski definition) is 3. The van der Waals surface area contributed by atoms with Crippen molar-refractivity contribution >= 4 is 17.5 Å². The van der Waals surface area contributed by atoms with E-state index in [1.165, 1.54) is 4.90 Å². The van der Waals surface area contributed by atoms with Crippen LogP contribution < -0.4 is 15.5 Å². The molecule has 22 heavy (non-hydrogen) atoms. The number of carbonyl (C=O) groups excluding carboxylic acids is 2. The molecule has 1 heterocycles. The number of quaternary nitrogens is 1. The van der Waals surface area contributed by atoms with Gasteiger partial charge in [-0.3, -0.25) is 9.59 Å². The number of nitrogens with one attached hydrogen (secondary N) is 3. The highest BCUT2D eigenvalue weighted by atomic mass is 16.5. The van der Waals surface area contributed by atoms with Crippen LogP contribution in [-0.4, -0.2) is 51.2 Å². The fraction of sp³-hybridized carbons (Fsp3) is 0.500. The summed E-state index contributed by atoms with van der Waals surface area (Å²) in [7, 11) is 0. The molecule has 1 fully saturated rings. The first-order valence-corrected chi connectivity index (χ1v) is 7.64. The number of ether oxygens (including phenoxy) is 1. The Labute approximate surface area is 130 Å². The Kier molecular flexibility index (Phi) is 5.91. The predicted molar refractivity (Wildman–Crippen MR) is 83.9 cm³/mol. The van der Waals surface area contributed by atoms with Crippen LogP contribution in [0.25, 0.3) is 0 Å². The number of benzene rings is 1. The first-order chi connectivity index (χ1) is 10.6. The van der Waals surface area contributed by atoms with E-state index in [0.29, 0.717) is 12.2 Å². The Morgan fingerprint density at radius 3 is 2.55 bits per heavy atom. The summed E-state index contributed by atoms with van der Waals surface area (Å²) in [4.78, 5) is 25.0. The third-order valence-corrected chi connectivity index (χ3v) is 3.94. The minimum Gasteiger partial charge on any atom is -0.370 e. The first-order valence-electron chi connectivity index (χ1n) is 7.64. The topological polar surface area (TPSA) is 71.9 Å². The maximum atomic E-state index is 11.8. The molecule has 0 aliphatic carbocycles. The number of hydrogen-bond donors (Lipinski definition) is 3. The van der Waals surface area contributed by atoms with Crippen molar-refractivity contribution in [3.05, 3.63) is 29.3 Å². The van der Waals surface area contributed by atoms with Gasteiger partial charge in [0.05, 0.1) is 26.3 Å². The van der Waals surface area contributed by atoms with Crippen LogP contribution in [-0.2, 0) is 14.3 Å². The molecule has 6 nitrogen and oxygen atoms in total. The maximum absolute atomic E-state index is 11.8. The molecule has 6 heteroatoms. The number of anilines is 1. The Balaban J connectivity index is 1.74. The smallest absolute Gasteiger partial charge is 0.313 e. The second-order valence-electron chi connectivity index (χ2n) is 5.62. The van der Waals surface area contributed by atoms with Crippen LogP contribution in [0.2, 0.25) is 0 Å². The summed E-state index contributed by atoms with van der Waals surface area (Å²) in [5, 5.41) is 5.28.